The molecule has 2 atom stereocenters. The lowest BCUT2D eigenvalue weighted by molar-refractivity contribution is -0.144. The largest absolute Gasteiger partial charge is 0.466 e. The van der Waals surface area contributed by atoms with Crippen LogP contribution in [0.15, 0.2) is 54.6 Å². The van der Waals surface area contributed by atoms with Crippen LogP contribution < -0.4 is 10.6 Å². The number of nitrogens with zero attached hydrogens (tertiary/aromatic N) is 1. The SMILES string of the molecule is CCOC(=O)CCNC(=O)C(c1ccc(CC)cc1)N(C(=O)C(Cc1ccccc1)NC(=O)OC(C)(C)C)C1CC1. The Hall–Kier alpha value is -3.88. The molecule has 0 aromatic heterocycles. The Morgan fingerprint density at radius 2 is 1.61 bits per heavy atom. The molecule has 1 aliphatic rings. The van der Waals surface area contributed by atoms with E-state index >= 15 is 0 Å². The number of esters is 1. The molecule has 2 N–H and O–H groups in total. The zero-order valence-corrected chi connectivity index (χ0v) is 24.8. The van der Waals surface area contributed by atoms with Crippen molar-refractivity contribution in [2.24, 2.45) is 0 Å². The molecule has 0 aliphatic heterocycles. The monoisotopic (exact) mass is 565 g/mol. The molecule has 3 amide bonds. The highest BCUT2D eigenvalue weighted by atomic mass is 16.6. The predicted molar refractivity (Wildman–Crippen MR) is 156 cm³/mol. The van der Waals surface area contributed by atoms with Crippen molar-refractivity contribution in [1.29, 1.82) is 0 Å². The molecule has 0 spiro atoms. The van der Waals surface area contributed by atoms with Crippen LogP contribution in [0, 0.1) is 0 Å². The Bertz CT molecular complexity index is 1170. The van der Waals surface area contributed by atoms with Gasteiger partial charge in [0, 0.05) is 19.0 Å². The van der Waals surface area contributed by atoms with E-state index in [1.165, 1.54) is 0 Å². The van der Waals surface area contributed by atoms with Crippen LogP contribution in [0.25, 0.3) is 0 Å². The molecule has 1 fully saturated rings. The average Bonchev–Trinajstić information content (AvgIpc) is 3.76. The van der Waals surface area contributed by atoms with Crippen LogP contribution in [0.2, 0.25) is 0 Å². The molecule has 1 aliphatic carbocycles. The molecular formula is C32H43N3O6. The first-order valence-corrected chi connectivity index (χ1v) is 14.4. The third-order valence-electron chi connectivity index (χ3n) is 6.63. The summed E-state index contributed by atoms with van der Waals surface area (Å²) in [5.41, 5.74) is 1.88. The van der Waals surface area contributed by atoms with Gasteiger partial charge in [0.25, 0.3) is 0 Å². The number of hydrogen-bond acceptors (Lipinski definition) is 6. The molecule has 0 bridgehead atoms. The summed E-state index contributed by atoms with van der Waals surface area (Å²) in [5, 5.41) is 5.61. The number of amides is 3. The molecule has 2 unspecified atom stereocenters. The van der Waals surface area contributed by atoms with Gasteiger partial charge in [-0.2, -0.15) is 0 Å². The third kappa shape index (κ3) is 9.92. The molecular weight excluding hydrogens is 522 g/mol. The fourth-order valence-electron chi connectivity index (χ4n) is 4.54. The molecule has 2 aromatic carbocycles. The lowest BCUT2D eigenvalue weighted by Crippen LogP contribution is -2.54. The zero-order chi connectivity index (χ0) is 30.0. The molecule has 9 heteroatoms. The summed E-state index contributed by atoms with van der Waals surface area (Å²) in [7, 11) is 0. The Balaban J connectivity index is 1.94. The molecule has 222 valence electrons. The Morgan fingerprint density at radius 1 is 0.951 bits per heavy atom. The van der Waals surface area contributed by atoms with Crippen molar-refractivity contribution in [3.8, 4) is 0 Å². The molecule has 9 nitrogen and oxygen atoms in total. The van der Waals surface area contributed by atoms with Crippen molar-refractivity contribution in [1.82, 2.24) is 15.5 Å². The minimum atomic E-state index is -0.961. The molecule has 2 aromatic rings. The maximum atomic E-state index is 14.3. The molecule has 1 saturated carbocycles. The zero-order valence-electron chi connectivity index (χ0n) is 24.8. The summed E-state index contributed by atoms with van der Waals surface area (Å²) in [4.78, 5) is 54.4. The van der Waals surface area contributed by atoms with Crippen LogP contribution in [-0.4, -0.2) is 59.6 Å². The number of rotatable bonds is 13. The van der Waals surface area contributed by atoms with Crippen molar-refractivity contribution in [3.05, 3.63) is 71.3 Å². The normalized spacial score (nSPS) is 14.4. The van der Waals surface area contributed by atoms with Crippen LogP contribution >= 0.6 is 0 Å². The first kappa shape index (κ1) is 31.6. The summed E-state index contributed by atoms with van der Waals surface area (Å²) < 4.78 is 10.5. The van der Waals surface area contributed by atoms with Crippen molar-refractivity contribution in [2.45, 2.75) is 90.4 Å². The van der Waals surface area contributed by atoms with Crippen molar-refractivity contribution < 1.29 is 28.7 Å². The van der Waals surface area contributed by atoms with Crippen LogP contribution in [-0.2, 0) is 36.7 Å². The van der Waals surface area contributed by atoms with Gasteiger partial charge in [-0.15, -0.1) is 0 Å². The van der Waals surface area contributed by atoms with Crippen LogP contribution in [0.1, 0.15) is 76.6 Å². The van der Waals surface area contributed by atoms with E-state index in [2.05, 4.69) is 10.6 Å². The third-order valence-corrected chi connectivity index (χ3v) is 6.63. The first-order valence-electron chi connectivity index (χ1n) is 14.4. The number of carbonyl (C=O) groups excluding carboxylic acids is 4. The quantitative estimate of drug-likeness (QED) is 0.346. The molecule has 0 heterocycles. The molecule has 0 saturated heterocycles. The van der Waals surface area contributed by atoms with Crippen LogP contribution in [0.5, 0.6) is 0 Å². The summed E-state index contributed by atoms with van der Waals surface area (Å²) in [6.07, 6.45) is 1.88. The van der Waals surface area contributed by atoms with Crippen LogP contribution in [0.4, 0.5) is 4.79 Å². The number of ether oxygens (including phenoxy) is 2. The fourth-order valence-corrected chi connectivity index (χ4v) is 4.54. The summed E-state index contributed by atoms with van der Waals surface area (Å²) in [6.45, 7) is 9.39. The molecule has 3 rings (SSSR count). The van der Waals surface area contributed by atoms with Gasteiger partial charge in [0.2, 0.25) is 11.8 Å². The van der Waals surface area contributed by atoms with E-state index < -0.39 is 35.7 Å². The van der Waals surface area contributed by atoms with E-state index in [9.17, 15) is 19.2 Å². The van der Waals surface area contributed by atoms with Gasteiger partial charge in [0.1, 0.15) is 17.7 Å². The van der Waals surface area contributed by atoms with Crippen molar-refractivity contribution in [2.75, 3.05) is 13.2 Å². The van der Waals surface area contributed by atoms with Gasteiger partial charge in [-0.1, -0.05) is 61.5 Å². The van der Waals surface area contributed by atoms with Crippen LogP contribution in [0.3, 0.4) is 0 Å². The van der Waals surface area contributed by atoms with E-state index in [0.29, 0.717) is 5.56 Å². The highest BCUT2D eigenvalue weighted by molar-refractivity contribution is 5.93. The molecule has 41 heavy (non-hydrogen) atoms. The van der Waals surface area contributed by atoms with E-state index in [1.54, 1.807) is 32.6 Å². The minimum Gasteiger partial charge on any atom is -0.466 e. The summed E-state index contributed by atoms with van der Waals surface area (Å²) in [6, 6.07) is 15.0. The van der Waals surface area contributed by atoms with E-state index in [-0.39, 0.29) is 37.9 Å². The summed E-state index contributed by atoms with van der Waals surface area (Å²) >= 11 is 0. The van der Waals surface area contributed by atoms with E-state index in [4.69, 9.17) is 9.47 Å². The molecule has 0 radical (unpaired) electrons. The maximum absolute atomic E-state index is 14.3. The second-order valence-corrected chi connectivity index (χ2v) is 11.2. The Kier molecular flexibility index (Phi) is 11.3. The van der Waals surface area contributed by atoms with Gasteiger partial charge >= 0.3 is 12.1 Å². The second kappa shape index (κ2) is 14.7. The number of nitrogens with one attached hydrogen (secondary N) is 2. The highest BCUT2D eigenvalue weighted by Crippen LogP contribution is 2.36. The lowest BCUT2D eigenvalue weighted by Gasteiger charge is -2.35. The van der Waals surface area contributed by atoms with Gasteiger partial charge in [-0.3, -0.25) is 14.4 Å². The maximum Gasteiger partial charge on any atom is 0.408 e. The smallest absolute Gasteiger partial charge is 0.408 e. The number of hydrogen-bond donors (Lipinski definition) is 2. The van der Waals surface area contributed by atoms with E-state index in [0.717, 1.165) is 30.4 Å². The predicted octanol–water partition coefficient (Wildman–Crippen LogP) is 4.49. The second-order valence-electron chi connectivity index (χ2n) is 11.2. The first-order chi connectivity index (χ1) is 19.5. The van der Waals surface area contributed by atoms with Gasteiger partial charge in [0.05, 0.1) is 13.0 Å². The topological polar surface area (TPSA) is 114 Å². The highest BCUT2D eigenvalue weighted by Gasteiger charge is 2.44. The minimum absolute atomic E-state index is 0.0231. The average molecular weight is 566 g/mol. The van der Waals surface area contributed by atoms with Crippen molar-refractivity contribution >= 4 is 23.9 Å². The van der Waals surface area contributed by atoms with Gasteiger partial charge in [-0.05, 0) is 63.6 Å². The Labute approximate surface area is 243 Å². The van der Waals surface area contributed by atoms with Gasteiger partial charge in [0.15, 0.2) is 0 Å². The summed E-state index contributed by atoms with van der Waals surface area (Å²) in [5.74, 6) is -1.17. The number of carbonyl (C=O) groups is 4. The number of alkyl carbamates (subject to hydrolysis) is 1. The standard InChI is InChI=1S/C32H43N3O6/c1-6-22-13-15-24(16-14-22)28(29(37)33-20-19-27(36)40-7-2)35(25-17-18-25)30(38)26(21-23-11-9-8-10-12-23)34-31(39)41-32(3,4)5/h8-16,25-26,28H,6-7,17-21H2,1-5H3,(H,33,37)(H,34,39). The lowest BCUT2D eigenvalue weighted by atomic mass is 9.98. The number of benzene rings is 2. The van der Waals surface area contributed by atoms with E-state index in [1.807, 2.05) is 61.5 Å². The Morgan fingerprint density at radius 3 is 2.17 bits per heavy atom. The van der Waals surface area contributed by atoms with Gasteiger partial charge < -0.3 is 25.0 Å². The van der Waals surface area contributed by atoms with Crippen molar-refractivity contribution in [3.63, 3.8) is 0 Å². The fraction of sp³-hybridized carbons (Fsp3) is 0.500. The van der Waals surface area contributed by atoms with Gasteiger partial charge in [-0.25, -0.2) is 4.79 Å². The number of aryl methyl sites for hydroxylation is 1.